The Kier molecular flexibility index (Phi) is 7.59. The van der Waals surface area contributed by atoms with Gasteiger partial charge in [-0.05, 0) is 29.8 Å². The van der Waals surface area contributed by atoms with Gasteiger partial charge in [-0.3, -0.25) is 9.10 Å². The number of rotatable bonds is 8. The third-order valence-electron chi connectivity index (χ3n) is 5.03. The number of ether oxygens (including phenoxy) is 2. The van der Waals surface area contributed by atoms with Crippen LogP contribution in [0.4, 0.5) is 24.5 Å². The molecule has 3 aromatic carbocycles. The number of halogens is 3. The van der Waals surface area contributed by atoms with Gasteiger partial charge in [0.2, 0.25) is 10.0 Å². The highest BCUT2D eigenvalue weighted by Crippen LogP contribution is 2.37. The predicted octanol–water partition coefficient (Wildman–Crippen LogP) is 4.94. The van der Waals surface area contributed by atoms with Gasteiger partial charge in [-0.15, -0.1) is 0 Å². The summed E-state index contributed by atoms with van der Waals surface area (Å²) < 4.78 is 76.4. The molecular formula is C24H23F3N2O5S. The average molecular weight is 509 g/mol. The quantitative estimate of drug-likeness (QED) is 0.466. The van der Waals surface area contributed by atoms with E-state index < -0.39 is 27.7 Å². The maximum absolute atomic E-state index is 13.2. The van der Waals surface area contributed by atoms with Crippen molar-refractivity contribution in [3.63, 3.8) is 0 Å². The molecule has 0 bridgehead atoms. The first kappa shape index (κ1) is 25.9. The lowest BCUT2D eigenvalue weighted by atomic mass is 10.1. The zero-order valence-corrected chi connectivity index (χ0v) is 19.9. The van der Waals surface area contributed by atoms with Crippen molar-refractivity contribution in [2.75, 3.05) is 30.1 Å². The van der Waals surface area contributed by atoms with Crippen molar-refractivity contribution in [2.24, 2.45) is 0 Å². The zero-order valence-electron chi connectivity index (χ0n) is 19.1. The van der Waals surface area contributed by atoms with Crippen LogP contribution < -0.4 is 19.1 Å². The van der Waals surface area contributed by atoms with Gasteiger partial charge in [0, 0.05) is 11.8 Å². The lowest BCUT2D eigenvalue weighted by Gasteiger charge is -2.26. The van der Waals surface area contributed by atoms with E-state index in [-0.39, 0.29) is 35.0 Å². The minimum Gasteiger partial charge on any atom is -0.493 e. The van der Waals surface area contributed by atoms with Crippen LogP contribution in [0, 0.1) is 0 Å². The van der Waals surface area contributed by atoms with E-state index in [0.29, 0.717) is 5.56 Å². The van der Waals surface area contributed by atoms with Gasteiger partial charge in [0.05, 0.1) is 43.8 Å². The number of sulfonamides is 1. The third-order valence-corrected chi connectivity index (χ3v) is 6.16. The maximum atomic E-state index is 13.2. The maximum Gasteiger partial charge on any atom is 0.416 e. The fourth-order valence-corrected chi connectivity index (χ4v) is 4.25. The van der Waals surface area contributed by atoms with Crippen molar-refractivity contribution in [1.29, 1.82) is 0 Å². The molecule has 11 heteroatoms. The van der Waals surface area contributed by atoms with E-state index >= 15 is 0 Å². The topological polar surface area (TPSA) is 84.9 Å². The van der Waals surface area contributed by atoms with Crippen LogP contribution in [0.2, 0.25) is 0 Å². The van der Waals surface area contributed by atoms with E-state index in [1.165, 1.54) is 32.4 Å². The van der Waals surface area contributed by atoms with Gasteiger partial charge in [0.15, 0.2) is 11.5 Å². The summed E-state index contributed by atoms with van der Waals surface area (Å²) in [4.78, 5) is 13.2. The molecule has 0 aliphatic carbocycles. The molecule has 3 rings (SSSR count). The molecule has 7 nitrogen and oxygen atoms in total. The van der Waals surface area contributed by atoms with Gasteiger partial charge in [-0.1, -0.05) is 36.4 Å². The van der Waals surface area contributed by atoms with Crippen LogP contribution in [-0.2, 0) is 22.7 Å². The molecule has 0 radical (unpaired) electrons. The minimum absolute atomic E-state index is 0.0292. The molecule has 0 aliphatic rings. The molecule has 0 aliphatic heterocycles. The third kappa shape index (κ3) is 6.24. The largest absolute Gasteiger partial charge is 0.493 e. The highest BCUT2D eigenvalue weighted by Gasteiger charge is 2.31. The summed E-state index contributed by atoms with van der Waals surface area (Å²) in [6.07, 6.45) is -3.61. The molecular weight excluding hydrogens is 485 g/mol. The summed E-state index contributed by atoms with van der Waals surface area (Å²) in [5, 5.41) is 2.41. The SMILES string of the molecule is COc1cc(C(=O)Nc2cccc(C(F)(F)F)c2)c(N(Cc2ccccc2)S(C)(=O)=O)cc1OC. The Morgan fingerprint density at radius 3 is 2.14 bits per heavy atom. The zero-order chi connectivity index (χ0) is 25.8. The Bertz CT molecular complexity index is 1310. The number of anilines is 2. The van der Waals surface area contributed by atoms with E-state index in [1.54, 1.807) is 30.3 Å². The van der Waals surface area contributed by atoms with Gasteiger partial charge in [0.1, 0.15) is 0 Å². The number of carbonyl (C=O) groups excluding carboxylic acids is 1. The summed E-state index contributed by atoms with van der Waals surface area (Å²) in [5.41, 5.74) is -0.568. The van der Waals surface area contributed by atoms with E-state index in [4.69, 9.17) is 9.47 Å². The summed E-state index contributed by atoms with van der Waals surface area (Å²) in [6, 6.07) is 15.4. The van der Waals surface area contributed by atoms with Crippen molar-refractivity contribution in [1.82, 2.24) is 0 Å². The molecule has 0 spiro atoms. The van der Waals surface area contributed by atoms with E-state index in [9.17, 15) is 26.4 Å². The molecule has 35 heavy (non-hydrogen) atoms. The Hall–Kier alpha value is -3.73. The first-order chi connectivity index (χ1) is 16.4. The minimum atomic E-state index is -4.60. The number of alkyl halides is 3. The Balaban J connectivity index is 2.12. The van der Waals surface area contributed by atoms with Crippen LogP contribution in [0.5, 0.6) is 11.5 Å². The van der Waals surface area contributed by atoms with Crippen molar-refractivity contribution < 1.29 is 35.9 Å². The number of nitrogens with one attached hydrogen (secondary N) is 1. The van der Waals surface area contributed by atoms with Crippen LogP contribution in [0.25, 0.3) is 0 Å². The molecule has 0 unspecified atom stereocenters. The van der Waals surface area contributed by atoms with Crippen molar-refractivity contribution >= 4 is 27.3 Å². The number of amides is 1. The number of benzene rings is 3. The second-order valence-electron chi connectivity index (χ2n) is 7.51. The number of hydrogen-bond acceptors (Lipinski definition) is 5. The summed E-state index contributed by atoms with van der Waals surface area (Å²) >= 11 is 0. The number of nitrogens with zero attached hydrogens (tertiary/aromatic N) is 1. The van der Waals surface area contributed by atoms with Crippen LogP contribution >= 0.6 is 0 Å². The normalized spacial score (nSPS) is 11.6. The molecule has 1 amide bonds. The average Bonchev–Trinajstić information content (AvgIpc) is 2.81. The van der Waals surface area contributed by atoms with Gasteiger partial charge in [-0.2, -0.15) is 13.2 Å². The van der Waals surface area contributed by atoms with Crippen molar-refractivity contribution in [3.05, 3.63) is 83.4 Å². The summed E-state index contributed by atoms with van der Waals surface area (Å²) in [6.45, 7) is -0.0982. The standard InChI is InChI=1S/C24H23F3N2O5S/c1-33-21-13-19(23(30)28-18-11-7-10-17(12-18)24(25,26)27)20(14-22(21)34-2)29(35(3,31)32)15-16-8-5-4-6-9-16/h4-14H,15H2,1-3H3,(H,28,30). The smallest absolute Gasteiger partial charge is 0.416 e. The first-order valence-electron chi connectivity index (χ1n) is 10.2. The molecule has 0 heterocycles. The second kappa shape index (κ2) is 10.3. The molecule has 0 saturated heterocycles. The highest BCUT2D eigenvalue weighted by atomic mass is 32.2. The van der Waals surface area contributed by atoms with E-state index in [0.717, 1.165) is 28.8 Å². The molecule has 186 valence electrons. The molecule has 0 atom stereocenters. The molecule has 3 aromatic rings. The summed E-state index contributed by atoms with van der Waals surface area (Å²) in [5.74, 6) is -0.527. The fourth-order valence-electron chi connectivity index (χ4n) is 3.36. The Morgan fingerprint density at radius 2 is 1.57 bits per heavy atom. The van der Waals surface area contributed by atoms with Crippen molar-refractivity contribution in [2.45, 2.75) is 12.7 Å². The molecule has 0 aromatic heterocycles. The Labute approximate surface area is 201 Å². The lowest BCUT2D eigenvalue weighted by Crippen LogP contribution is -2.31. The molecule has 0 saturated carbocycles. The van der Waals surface area contributed by atoms with Crippen LogP contribution in [0.3, 0.4) is 0 Å². The van der Waals surface area contributed by atoms with Gasteiger partial charge in [0.25, 0.3) is 5.91 Å². The van der Waals surface area contributed by atoms with E-state index in [2.05, 4.69) is 5.32 Å². The van der Waals surface area contributed by atoms with Crippen LogP contribution in [0.1, 0.15) is 21.5 Å². The van der Waals surface area contributed by atoms with Crippen LogP contribution in [0.15, 0.2) is 66.7 Å². The molecule has 1 N–H and O–H groups in total. The fraction of sp³-hybridized carbons (Fsp3) is 0.208. The van der Waals surface area contributed by atoms with Crippen LogP contribution in [-0.4, -0.2) is 34.8 Å². The monoisotopic (exact) mass is 508 g/mol. The predicted molar refractivity (Wildman–Crippen MR) is 126 cm³/mol. The molecule has 0 fully saturated rings. The highest BCUT2D eigenvalue weighted by molar-refractivity contribution is 7.92. The number of hydrogen-bond donors (Lipinski definition) is 1. The van der Waals surface area contributed by atoms with E-state index in [1.807, 2.05) is 0 Å². The number of carbonyl (C=O) groups is 1. The number of methoxy groups -OCH3 is 2. The van der Waals surface area contributed by atoms with Gasteiger partial charge in [-0.25, -0.2) is 8.42 Å². The Morgan fingerprint density at radius 1 is 0.943 bits per heavy atom. The first-order valence-corrected chi connectivity index (χ1v) is 12.0. The van der Waals surface area contributed by atoms with Gasteiger partial charge < -0.3 is 14.8 Å². The second-order valence-corrected chi connectivity index (χ2v) is 9.42. The summed E-state index contributed by atoms with van der Waals surface area (Å²) in [7, 11) is -1.22. The lowest BCUT2D eigenvalue weighted by molar-refractivity contribution is -0.137. The van der Waals surface area contributed by atoms with Crippen molar-refractivity contribution in [3.8, 4) is 11.5 Å². The van der Waals surface area contributed by atoms with Gasteiger partial charge >= 0.3 is 6.18 Å².